The number of esters is 1. The zero-order valence-corrected chi connectivity index (χ0v) is 12.0. The molecule has 0 amide bonds. The molecule has 8 heteroatoms. The van der Waals surface area contributed by atoms with Gasteiger partial charge in [0.2, 0.25) is 10.0 Å². The number of carbonyl (C=O) groups is 1. The zero-order valence-electron chi connectivity index (χ0n) is 10.4. The second kappa shape index (κ2) is 5.20. The SMILES string of the molecule is COC(=O)c1sccc1S(=O)(=O)NCC1(O)CCC1. The van der Waals surface area contributed by atoms with Crippen molar-refractivity contribution < 1.29 is 23.1 Å². The van der Waals surface area contributed by atoms with Gasteiger partial charge in [-0.25, -0.2) is 17.9 Å². The third-order valence-electron chi connectivity index (χ3n) is 3.16. The van der Waals surface area contributed by atoms with Gasteiger partial charge in [0, 0.05) is 6.54 Å². The van der Waals surface area contributed by atoms with E-state index in [1.54, 1.807) is 0 Å². The highest BCUT2D eigenvalue weighted by Crippen LogP contribution is 2.31. The van der Waals surface area contributed by atoms with Crippen molar-refractivity contribution in [1.29, 1.82) is 0 Å². The number of aliphatic hydroxyl groups is 1. The largest absolute Gasteiger partial charge is 0.465 e. The molecule has 106 valence electrons. The molecule has 6 nitrogen and oxygen atoms in total. The van der Waals surface area contributed by atoms with Crippen molar-refractivity contribution in [1.82, 2.24) is 4.72 Å². The quantitative estimate of drug-likeness (QED) is 0.782. The Hall–Kier alpha value is -0.960. The van der Waals surface area contributed by atoms with Gasteiger partial charge in [-0.05, 0) is 30.7 Å². The van der Waals surface area contributed by atoms with Gasteiger partial charge in [-0.1, -0.05) is 0 Å². The molecule has 0 radical (unpaired) electrons. The minimum Gasteiger partial charge on any atom is -0.465 e. The number of thiophene rings is 1. The molecule has 1 aromatic heterocycles. The third kappa shape index (κ3) is 2.97. The van der Waals surface area contributed by atoms with Crippen molar-refractivity contribution in [3.05, 3.63) is 16.3 Å². The van der Waals surface area contributed by atoms with E-state index in [2.05, 4.69) is 9.46 Å². The van der Waals surface area contributed by atoms with E-state index in [4.69, 9.17) is 0 Å². The first-order chi connectivity index (χ1) is 8.88. The van der Waals surface area contributed by atoms with Crippen LogP contribution in [-0.4, -0.2) is 38.7 Å². The number of hydrogen-bond donors (Lipinski definition) is 2. The van der Waals surface area contributed by atoms with Gasteiger partial charge >= 0.3 is 5.97 Å². The summed E-state index contributed by atoms with van der Waals surface area (Å²) in [7, 11) is -2.62. The summed E-state index contributed by atoms with van der Waals surface area (Å²) in [6.07, 6.45) is 2.07. The van der Waals surface area contributed by atoms with Crippen LogP contribution >= 0.6 is 11.3 Å². The van der Waals surface area contributed by atoms with E-state index >= 15 is 0 Å². The van der Waals surface area contributed by atoms with Crippen LogP contribution in [0.1, 0.15) is 28.9 Å². The average molecular weight is 305 g/mol. The van der Waals surface area contributed by atoms with E-state index < -0.39 is 21.6 Å². The molecule has 1 aliphatic carbocycles. The van der Waals surface area contributed by atoms with Crippen molar-refractivity contribution in [3.8, 4) is 0 Å². The lowest BCUT2D eigenvalue weighted by Crippen LogP contribution is -2.47. The zero-order chi connectivity index (χ0) is 14.1. The van der Waals surface area contributed by atoms with Crippen LogP contribution in [0.2, 0.25) is 0 Å². The Labute approximate surface area is 115 Å². The Morgan fingerprint density at radius 3 is 2.79 bits per heavy atom. The number of hydrogen-bond acceptors (Lipinski definition) is 6. The Kier molecular flexibility index (Phi) is 3.95. The minimum absolute atomic E-state index is 0.0359. The van der Waals surface area contributed by atoms with Gasteiger partial charge in [0.1, 0.15) is 9.77 Å². The van der Waals surface area contributed by atoms with Crippen LogP contribution in [0.25, 0.3) is 0 Å². The first kappa shape index (κ1) is 14.4. The fourth-order valence-corrected chi connectivity index (χ4v) is 4.27. The monoisotopic (exact) mass is 305 g/mol. The molecule has 0 saturated heterocycles. The lowest BCUT2D eigenvalue weighted by molar-refractivity contribution is -0.0270. The fraction of sp³-hybridized carbons (Fsp3) is 0.545. The van der Waals surface area contributed by atoms with Gasteiger partial charge in [0.25, 0.3) is 0 Å². The number of sulfonamides is 1. The van der Waals surface area contributed by atoms with Crippen LogP contribution in [0.5, 0.6) is 0 Å². The molecule has 1 aromatic rings. The molecule has 1 saturated carbocycles. The van der Waals surface area contributed by atoms with Gasteiger partial charge in [0.05, 0.1) is 12.7 Å². The van der Waals surface area contributed by atoms with Crippen LogP contribution in [0.3, 0.4) is 0 Å². The average Bonchev–Trinajstić information content (AvgIpc) is 2.83. The van der Waals surface area contributed by atoms with E-state index in [0.717, 1.165) is 17.8 Å². The summed E-state index contributed by atoms with van der Waals surface area (Å²) >= 11 is 1.01. The molecule has 0 unspecified atom stereocenters. The Bertz CT molecular complexity index is 574. The maximum atomic E-state index is 12.1. The first-order valence-corrected chi connectivity index (χ1v) is 8.12. The number of methoxy groups -OCH3 is 1. The predicted octanol–water partition coefficient (Wildman–Crippen LogP) is 0.728. The standard InChI is InChI=1S/C11H15NO5S2/c1-17-10(13)9-8(3-6-18-9)19(15,16)12-7-11(14)4-2-5-11/h3,6,12,14H,2,4-5,7H2,1H3. The van der Waals surface area contributed by atoms with E-state index in [1.807, 2.05) is 0 Å². The molecule has 1 aliphatic rings. The van der Waals surface area contributed by atoms with Crippen molar-refractivity contribution in [3.63, 3.8) is 0 Å². The number of carbonyl (C=O) groups excluding carboxylic acids is 1. The molecule has 19 heavy (non-hydrogen) atoms. The summed E-state index contributed by atoms with van der Waals surface area (Å²) < 4.78 is 31.1. The van der Waals surface area contributed by atoms with Crippen molar-refractivity contribution in [2.75, 3.05) is 13.7 Å². The van der Waals surface area contributed by atoms with E-state index in [-0.39, 0.29) is 16.3 Å². The number of rotatable bonds is 5. The Balaban J connectivity index is 2.15. The van der Waals surface area contributed by atoms with Gasteiger partial charge < -0.3 is 9.84 Å². The molecule has 1 fully saturated rings. The van der Waals surface area contributed by atoms with Crippen LogP contribution < -0.4 is 4.72 Å². The van der Waals surface area contributed by atoms with Crippen molar-refractivity contribution in [2.24, 2.45) is 0 Å². The predicted molar refractivity (Wildman–Crippen MR) is 69.6 cm³/mol. The lowest BCUT2D eigenvalue weighted by atomic mass is 9.81. The molecule has 0 aliphatic heterocycles. The molecule has 0 atom stereocenters. The minimum atomic E-state index is -3.81. The van der Waals surface area contributed by atoms with Crippen LogP contribution in [-0.2, 0) is 14.8 Å². The Morgan fingerprint density at radius 1 is 1.58 bits per heavy atom. The second-order valence-corrected chi connectivity index (χ2v) is 7.16. The van der Waals surface area contributed by atoms with Crippen molar-refractivity contribution >= 4 is 27.3 Å². The molecule has 2 rings (SSSR count). The molecule has 2 N–H and O–H groups in total. The van der Waals surface area contributed by atoms with Crippen LogP contribution in [0, 0.1) is 0 Å². The molecule has 0 spiro atoms. The van der Waals surface area contributed by atoms with Gasteiger partial charge in [-0.3, -0.25) is 0 Å². The van der Waals surface area contributed by atoms with E-state index in [0.29, 0.717) is 12.8 Å². The van der Waals surface area contributed by atoms with E-state index in [9.17, 15) is 18.3 Å². The number of ether oxygens (including phenoxy) is 1. The highest BCUT2D eigenvalue weighted by atomic mass is 32.2. The summed E-state index contributed by atoms with van der Waals surface area (Å²) in [6.45, 7) is -0.0359. The fourth-order valence-electron chi connectivity index (χ4n) is 1.82. The molecular formula is C11H15NO5S2. The second-order valence-electron chi connectivity index (χ2n) is 4.51. The van der Waals surface area contributed by atoms with Gasteiger partial charge in [-0.2, -0.15) is 0 Å². The number of nitrogens with one attached hydrogen (secondary N) is 1. The summed E-state index contributed by atoms with van der Waals surface area (Å²) in [4.78, 5) is 11.4. The maximum Gasteiger partial charge on any atom is 0.349 e. The molecule has 1 heterocycles. The normalized spacial score (nSPS) is 17.8. The van der Waals surface area contributed by atoms with E-state index in [1.165, 1.54) is 18.6 Å². The first-order valence-electron chi connectivity index (χ1n) is 5.76. The van der Waals surface area contributed by atoms with Crippen LogP contribution in [0.15, 0.2) is 16.3 Å². The molecular weight excluding hydrogens is 290 g/mol. The van der Waals surface area contributed by atoms with Crippen molar-refractivity contribution in [2.45, 2.75) is 29.8 Å². The lowest BCUT2D eigenvalue weighted by Gasteiger charge is -2.36. The van der Waals surface area contributed by atoms with Crippen LogP contribution in [0.4, 0.5) is 0 Å². The summed E-state index contributed by atoms with van der Waals surface area (Å²) in [5.74, 6) is -0.683. The highest BCUT2D eigenvalue weighted by Gasteiger charge is 2.36. The topological polar surface area (TPSA) is 92.7 Å². The summed E-state index contributed by atoms with van der Waals surface area (Å²) in [5, 5.41) is 11.4. The third-order valence-corrected chi connectivity index (χ3v) is 5.63. The van der Waals surface area contributed by atoms with Gasteiger partial charge in [-0.15, -0.1) is 11.3 Å². The maximum absolute atomic E-state index is 12.1. The molecule has 0 bridgehead atoms. The van der Waals surface area contributed by atoms with Gasteiger partial charge in [0.15, 0.2) is 0 Å². The summed E-state index contributed by atoms with van der Waals surface area (Å²) in [5.41, 5.74) is -0.950. The Morgan fingerprint density at radius 2 is 2.26 bits per heavy atom. The smallest absolute Gasteiger partial charge is 0.349 e. The molecule has 0 aromatic carbocycles. The highest BCUT2D eigenvalue weighted by molar-refractivity contribution is 7.89. The summed E-state index contributed by atoms with van der Waals surface area (Å²) in [6, 6.07) is 1.35.